The minimum atomic E-state index is 0.756. The first-order chi connectivity index (χ1) is 6.25. The predicted octanol–water partition coefficient (Wildman–Crippen LogP) is 3.89. The second-order valence-corrected chi connectivity index (χ2v) is 4.77. The summed E-state index contributed by atoms with van der Waals surface area (Å²) in [4.78, 5) is 0. The summed E-state index contributed by atoms with van der Waals surface area (Å²) in [7, 11) is 0. The van der Waals surface area contributed by atoms with Crippen LogP contribution in [0.3, 0.4) is 0 Å². The van der Waals surface area contributed by atoms with Crippen LogP contribution in [0.15, 0.2) is 34.7 Å². The maximum absolute atomic E-state index is 5.84. The summed E-state index contributed by atoms with van der Waals surface area (Å²) in [5, 5.41) is 0.756. The molecule has 1 heterocycles. The highest BCUT2D eigenvalue weighted by Crippen LogP contribution is 2.35. The summed E-state index contributed by atoms with van der Waals surface area (Å²) in [6.07, 6.45) is 1.99. The lowest BCUT2D eigenvalue weighted by Gasteiger charge is -2.15. The number of nitrogens with zero attached hydrogens (tertiary/aromatic N) is 1. The van der Waals surface area contributed by atoms with Crippen molar-refractivity contribution in [2.45, 2.75) is 0 Å². The van der Waals surface area contributed by atoms with Crippen molar-refractivity contribution in [2.24, 2.45) is 0 Å². The molecule has 0 bridgehead atoms. The van der Waals surface area contributed by atoms with Gasteiger partial charge in [-0.25, -0.2) is 0 Å². The monoisotopic (exact) mass is 231 g/mol. The van der Waals surface area contributed by atoms with Crippen molar-refractivity contribution < 1.29 is 0 Å². The van der Waals surface area contributed by atoms with E-state index in [1.54, 1.807) is 11.9 Å². The number of anilines is 1. The van der Waals surface area contributed by atoms with Crippen molar-refractivity contribution in [2.75, 3.05) is 10.8 Å². The van der Waals surface area contributed by atoms with E-state index in [0.29, 0.717) is 0 Å². The molecule has 0 unspecified atom stereocenters. The van der Waals surface area contributed by atoms with Crippen molar-refractivity contribution >= 4 is 40.8 Å². The fraction of sp³-hybridized carbons (Fsp3) is 0.111. The van der Waals surface area contributed by atoms with Gasteiger partial charge in [-0.05, 0) is 30.3 Å². The first-order valence-corrected chi connectivity index (χ1v) is 5.35. The minimum Gasteiger partial charge on any atom is -0.308 e. The van der Waals surface area contributed by atoms with E-state index in [2.05, 4.69) is 4.31 Å². The van der Waals surface area contributed by atoms with Crippen LogP contribution in [0, 0.1) is 0 Å². The van der Waals surface area contributed by atoms with E-state index in [1.807, 2.05) is 30.3 Å². The van der Waals surface area contributed by atoms with Gasteiger partial charge in [0.1, 0.15) is 0 Å². The molecule has 1 aromatic rings. The lowest BCUT2D eigenvalue weighted by molar-refractivity contribution is 1.23. The van der Waals surface area contributed by atoms with Crippen molar-refractivity contribution in [1.82, 2.24) is 0 Å². The normalized spacial score (nSPS) is 16.2. The molecule has 0 amide bonds. The molecule has 13 heavy (non-hydrogen) atoms. The number of hydrogen-bond donors (Lipinski definition) is 0. The van der Waals surface area contributed by atoms with E-state index in [9.17, 15) is 0 Å². The van der Waals surface area contributed by atoms with Crippen molar-refractivity contribution in [3.05, 3.63) is 39.7 Å². The van der Waals surface area contributed by atoms with Crippen LogP contribution in [0.25, 0.3) is 0 Å². The van der Waals surface area contributed by atoms with Crippen molar-refractivity contribution in [1.29, 1.82) is 0 Å². The number of halogens is 2. The van der Waals surface area contributed by atoms with Gasteiger partial charge in [0.2, 0.25) is 0 Å². The summed E-state index contributed by atoms with van der Waals surface area (Å²) >= 11 is 13.2. The molecule has 1 nitrogen and oxygen atoms in total. The molecule has 0 saturated heterocycles. The van der Waals surface area contributed by atoms with Crippen LogP contribution in [0.1, 0.15) is 0 Å². The molecule has 0 spiro atoms. The molecule has 2 rings (SSSR count). The Labute approximate surface area is 91.5 Å². The standard InChI is InChI=1S/C9H7Cl2NS/c10-7-1-3-8(4-2-7)12-6-5-9(11)13-12/h1-5H,6H2. The second kappa shape index (κ2) is 3.82. The van der Waals surface area contributed by atoms with Gasteiger partial charge in [-0.15, -0.1) is 0 Å². The fourth-order valence-corrected chi connectivity index (χ4v) is 2.28. The Balaban J connectivity index is 2.14. The largest absolute Gasteiger partial charge is 0.308 e. The molecule has 0 aliphatic carbocycles. The van der Waals surface area contributed by atoms with Crippen LogP contribution in [-0.4, -0.2) is 6.54 Å². The molecule has 0 N–H and O–H groups in total. The Bertz CT molecular complexity index is 334. The lowest BCUT2D eigenvalue weighted by Crippen LogP contribution is -2.08. The van der Waals surface area contributed by atoms with E-state index in [1.165, 1.54) is 0 Å². The molecule has 0 fully saturated rings. The first-order valence-electron chi connectivity index (χ1n) is 3.82. The van der Waals surface area contributed by atoms with Crippen LogP contribution in [-0.2, 0) is 0 Å². The van der Waals surface area contributed by atoms with Gasteiger partial charge in [0.25, 0.3) is 0 Å². The molecule has 4 heteroatoms. The maximum atomic E-state index is 5.84. The quantitative estimate of drug-likeness (QED) is 0.676. The van der Waals surface area contributed by atoms with Gasteiger partial charge in [0.05, 0.1) is 10.9 Å². The first kappa shape index (κ1) is 9.25. The molecular weight excluding hydrogens is 225 g/mol. The highest BCUT2D eigenvalue weighted by atomic mass is 35.5. The summed E-state index contributed by atoms with van der Waals surface area (Å²) in [5.74, 6) is 0. The molecule has 1 aliphatic heterocycles. The third-order valence-electron chi connectivity index (χ3n) is 1.73. The summed E-state index contributed by atoms with van der Waals surface area (Å²) in [6.45, 7) is 0.852. The molecular formula is C9H7Cl2NS. The van der Waals surface area contributed by atoms with E-state index in [4.69, 9.17) is 23.2 Å². The molecule has 0 aromatic heterocycles. The van der Waals surface area contributed by atoms with Crippen LogP contribution in [0.2, 0.25) is 5.02 Å². The van der Waals surface area contributed by atoms with Gasteiger partial charge in [0.15, 0.2) is 0 Å². The van der Waals surface area contributed by atoms with Crippen LogP contribution in [0.4, 0.5) is 5.69 Å². The number of rotatable bonds is 1. The SMILES string of the molecule is ClC1=CCN(c2ccc(Cl)cc2)S1. The third-order valence-corrected chi connectivity index (χ3v) is 3.26. The topological polar surface area (TPSA) is 3.24 Å². The Morgan fingerprint density at radius 3 is 2.38 bits per heavy atom. The van der Waals surface area contributed by atoms with Crippen LogP contribution < -0.4 is 4.31 Å². The van der Waals surface area contributed by atoms with Crippen LogP contribution in [0.5, 0.6) is 0 Å². The zero-order chi connectivity index (χ0) is 9.26. The van der Waals surface area contributed by atoms with Gasteiger partial charge in [-0.1, -0.05) is 23.2 Å². The highest BCUT2D eigenvalue weighted by Gasteiger charge is 2.13. The Morgan fingerprint density at radius 2 is 1.85 bits per heavy atom. The predicted molar refractivity (Wildman–Crippen MR) is 60.3 cm³/mol. The Morgan fingerprint density at radius 1 is 1.15 bits per heavy atom. The average molecular weight is 232 g/mol. The second-order valence-electron chi connectivity index (χ2n) is 2.64. The van der Waals surface area contributed by atoms with E-state index in [0.717, 1.165) is 21.6 Å². The fourth-order valence-electron chi connectivity index (χ4n) is 1.10. The van der Waals surface area contributed by atoms with Gasteiger partial charge in [-0.3, -0.25) is 0 Å². The molecule has 0 atom stereocenters. The minimum absolute atomic E-state index is 0.756. The smallest absolute Gasteiger partial charge is 0.0923 e. The highest BCUT2D eigenvalue weighted by molar-refractivity contribution is 8.06. The molecule has 0 saturated carbocycles. The third kappa shape index (κ3) is 2.13. The van der Waals surface area contributed by atoms with Crippen molar-refractivity contribution in [3.63, 3.8) is 0 Å². The molecule has 0 radical (unpaired) electrons. The lowest BCUT2D eigenvalue weighted by atomic mass is 10.3. The number of hydrogen-bond acceptors (Lipinski definition) is 2. The van der Waals surface area contributed by atoms with E-state index in [-0.39, 0.29) is 0 Å². The van der Waals surface area contributed by atoms with Crippen molar-refractivity contribution in [3.8, 4) is 0 Å². The average Bonchev–Trinajstić information content (AvgIpc) is 2.53. The number of benzene rings is 1. The Kier molecular flexibility index (Phi) is 2.72. The zero-order valence-electron chi connectivity index (χ0n) is 6.71. The molecule has 68 valence electrons. The van der Waals surface area contributed by atoms with Gasteiger partial charge in [-0.2, -0.15) is 0 Å². The van der Waals surface area contributed by atoms with Gasteiger partial charge >= 0.3 is 0 Å². The van der Waals surface area contributed by atoms with Gasteiger partial charge < -0.3 is 4.31 Å². The Hall–Kier alpha value is -0.310. The van der Waals surface area contributed by atoms with E-state index >= 15 is 0 Å². The zero-order valence-corrected chi connectivity index (χ0v) is 9.03. The van der Waals surface area contributed by atoms with Gasteiger partial charge in [0, 0.05) is 22.7 Å². The van der Waals surface area contributed by atoms with Crippen LogP contribution >= 0.6 is 35.1 Å². The maximum Gasteiger partial charge on any atom is 0.0923 e. The summed E-state index contributed by atoms with van der Waals surface area (Å²) in [5.41, 5.74) is 1.13. The molecule has 1 aromatic carbocycles. The summed E-state index contributed by atoms with van der Waals surface area (Å²) < 4.78 is 2.94. The van der Waals surface area contributed by atoms with E-state index < -0.39 is 0 Å². The summed E-state index contributed by atoms with van der Waals surface area (Å²) in [6, 6.07) is 7.73. The molecule has 1 aliphatic rings.